The highest BCUT2D eigenvalue weighted by Crippen LogP contribution is 2.26. The van der Waals surface area contributed by atoms with E-state index >= 15 is 0 Å². The van der Waals surface area contributed by atoms with Crippen molar-refractivity contribution in [1.29, 1.82) is 0 Å². The van der Waals surface area contributed by atoms with E-state index in [1.165, 1.54) is 0 Å². The molecular formula is C26H28N2O4. The van der Waals surface area contributed by atoms with Gasteiger partial charge in [-0.1, -0.05) is 36.4 Å². The van der Waals surface area contributed by atoms with Crippen LogP contribution in [0, 0.1) is 5.92 Å². The van der Waals surface area contributed by atoms with Crippen LogP contribution in [0.2, 0.25) is 0 Å². The molecule has 0 aliphatic carbocycles. The number of fused-ring (bicyclic) bond motifs is 1. The molecule has 0 bridgehead atoms. The molecule has 32 heavy (non-hydrogen) atoms. The first-order valence-electron chi connectivity index (χ1n) is 10.9. The van der Waals surface area contributed by atoms with E-state index in [4.69, 9.17) is 9.47 Å². The van der Waals surface area contributed by atoms with Crippen LogP contribution in [0.15, 0.2) is 60.7 Å². The molecule has 3 aromatic rings. The molecule has 166 valence electrons. The predicted molar refractivity (Wildman–Crippen MR) is 124 cm³/mol. The quantitative estimate of drug-likeness (QED) is 0.639. The second-order valence-electron chi connectivity index (χ2n) is 8.01. The maximum absolute atomic E-state index is 13.3. The van der Waals surface area contributed by atoms with Gasteiger partial charge in [0.25, 0.3) is 5.91 Å². The molecule has 2 amide bonds. The SMILES string of the molecule is COc1ccc(OC)c(CNC(=O)C2CCCN(C(=O)c3cccc4ccccc34)C2)c1. The summed E-state index contributed by atoms with van der Waals surface area (Å²) in [5, 5.41) is 4.99. The summed E-state index contributed by atoms with van der Waals surface area (Å²) < 4.78 is 10.7. The minimum atomic E-state index is -0.237. The zero-order valence-electron chi connectivity index (χ0n) is 18.5. The van der Waals surface area contributed by atoms with Crippen LogP contribution in [-0.2, 0) is 11.3 Å². The highest BCUT2D eigenvalue weighted by molar-refractivity contribution is 6.07. The van der Waals surface area contributed by atoms with Crippen LogP contribution in [0.5, 0.6) is 11.5 Å². The van der Waals surface area contributed by atoms with Gasteiger partial charge in [0.2, 0.25) is 5.91 Å². The lowest BCUT2D eigenvalue weighted by Gasteiger charge is -2.32. The third-order valence-electron chi connectivity index (χ3n) is 6.04. The number of ether oxygens (including phenoxy) is 2. The van der Waals surface area contributed by atoms with Crippen LogP contribution in [0.25, 0.3) is 10.8 Å². The van der Waals surface area contributed by atoms with E-state index in [1.54, 1.807) is 14.2 Å². The van der Waals surface area contributed by atoms with Gasteiger partial charge in [-0.2, -0.15) is 0 Å². The summed E-state index contributed by atoms with van der Waals surface area (Å²) in [6.07, 6.45) is 1.57. The lowest BCUT2D eigenvalue weighted by atomic mass is 9.95. The molecule has 6 heteroatoms. The topological polar surface area (TPSA) is 67.9 Å². The monoisotopic (exact) mass is 432 g/mol. The van der Waals surface area contributed by atoms with Crippen LogP contribution in [-0.4, -0.2) is 44.0 Å². The van der Waals surface area contributed by atoms with Gasteiger partial charge in [-0.15, -0.1) is 0 Å². The Morgan fingerprint density at radius 3 is 2.66 bits per heavy atom. The van der Waals surface area contributed by atoms with Crippen LogP contribution in [0.3, 0.4) is 0 Å². The fourth-order valence-electron chi connectivity index (χ4n) is 4.30. The number of carbonyl (C=O) groups is 2. The van der Waals surface area contributed by atoms with Gasteiger partial charge in [-0.25, -0.2) is 0 Å². The first kappa shape index (κ1) is 21.7. The number of methoxy groups -OCH3 is 2. The molecular weight excluding hydrogens is 404 g/mol. The summed E-state index contributed by atoms with van der Waals surface area (Å²) in [6, 6.07) is 19.2. The maximum atomic E-state index is 13.3. The molecule has 1 aliphatic rings. The van der Waals surface area contributed by atoms with E-state index in [-0.39, 0.29) is 17.7 Å². The Labute approximate surface area is 188 Å². The Morgan fingerprint density at radius 2 is 1.84 bits per heavy atom. The van der Waals surface area contributed by atoms with Crippen LogP contribution in [0.1, 0.15) is 28.8 Å². The van der Waals surface area contributed by atoms with Crippen molar-refractivity contribution in [3.8, 4) is 11.5 Å². The molecule has 1 unspecified atom stereocenters. The summed E-state index contributed by atoms with van der Waals surface area (Å²) in [7, 11) is 3.21. The van der Waals surface area contributed by atoms with Gasteiger partial charge < -0.3 is 19.7 Å². The molecule has 1 fully saturated rings. The van der Waals surface area contributed by atoms with Crippen molar-refractivity contribution in [3.05, 3.63) is 71.8 Å². The molecule has 0 saturated carbocycles. The second kappa shape index (κ2) is 9.73. The summed E-state index contributed by atoms with van der Waals surface area (Å²) in [4.78, 5) is 28.0. The number of piperidine rings is 1. The number of likely N-dealkylation sites (tertiary alicyclic amines) is 1. The lowest BCUT2D eigenvalue weighted by molar-refractivity contribution is -0.126. The van der Waals surface area contributed by atoms with Crippen molar-refractivity contribution < 1.29 is 19.1 Å². The van der Waals surface area contributed by atoms with Crippen molar-refractivity contribution in [2.45, 2.75) is 19.4 Å². The normalized spacial score (nSPS) is 15.9. The van der Waals surface area contributed by atoms with Crippen molar-refractivity contribution in [2.75, 3.05) is 27.3 Å². The number of rotatable bonds is 6. The molecule has 3 aromatic carbocycles. The van der Waals surface area contributed by atoms with Crippen molar-refractivity contribution in [3.63, 3.8) is 0 Å². The summed E-state index contributed by atoms with van der Waals surface area (Å²) in [5.74, 6) is 1.10. The number of hydrogen-bond donors (Lipinski definition) is 1. The molecule has 0 aromatic heterocycles. The number of amides is 2. The number of nitrogens with zero attached hydrogens (tertiary/aromatic N) is 1. The van der Waals surface area contributed by atoms with Gasteiger partial charge in [0, 0.05) is 30.8 Å². The smallest absolute Gasteiger partial charge is 0.254 e. The largest absolute Gasteiger partial charge is 0.497 e. The number of benzene rings is 3. The zero-order chi connectivity index (χ0) is 22.5. The summed E-state index contributed by atoms with van der Waals surface area (Å²) >= 11 is 0. The first-order chi connectivity index (χ1) is 15.6. The van der Waals surface area contributed by atoms with Gasteiger partial charge in [0.1, 0.15) is 11.5 Å². The summed E-state index contributed by atoms with van der Waals surface area (Å²) in [5.41, 5.74) is 1.53. The van der Waals surface area contributed by atoms with Crippen molar-refractivity contribution in [1.82, 2.24) is 10.2 Å². The standard InChI is InChI=1S/C26H28N2O4/c1-31-21-12-13-24(32-2)20(15-21)16-27-25(29)19-9-6-14-28(17-19)26(30)23-11-5-8-18-7-3-4-10-22(18)23/h3-5,7-8,10-13,15,19H,6,9,14,16-17H2,1-2H3,(H,27,29). The highest BCUT2D eigenvalue weighted by atomic mass is 16.5. The molecule has 6 nitrogen and oxygen atoms in total. The average Bonchev–Trinajstić information content (AvgIpc) is 2.86. The van der Waals surface area contributed by atoms with Gasteiger partial charge in [-0.3, -0.25) is 9.59 Å². The van der Waals surface area contributed by atoms with E-state index in [0.29, 0.717) is 36.7 Å². The van der Waals surface area contributed by atoms with Gasteiger partial charge >= 0.3 is 0 Å². The van der Waals surface area contributed by atoms with Gasteiger partial charge in [0.05, 0.1) is 20.1 Å². The van der Waals surface area contributed by atoms with Crippen LogP contribution in [0.4, 0.5) is 0 Å². The zero-order valence-corrected chi connectivity index (χ0v) is 18.5. The molecule has 1 N–H and O–H groups in total. The number of nitrogens with one attached hydrogen (secondary N) is 1. The fraction of sp³-hybridized carbons (Fsp3) is 0.308. The Bertz CT molecular complexity index is 1120. The molecule has 0 spiro atoms. The Morgan fingerprint density at radius 1 is 1.03 bits per heavy atom. The summed E-state index contributed by atoms with van der Waals surface area (Å²) in [6.45, 7) is 1.42. The predicted octanol–water partition coefficient (Wildman–Crippen LogP) is 4.03. The van der Waals surface area contributed by atoms with E-state index in [0.717, 1.165) is 29.2 Å². The Balaban J connectivity index is 1.44. The van der Waals surface area contributed by atoms with E-state index in [9.17, 15) is 9.59 Å². The minimum Gasteiger partial charge on any atom is -0.497 e. The molecule has 1 heterocycles. The molecule has 4 rings (SSSR count). The molecule has 0 radical (unpaired) electrons. The Kier molecular flexibility index (Phi) is 6.59. The van der Waals surface area contributed by atoms with Crippen molar-refractivity contribution >= 4 is 22.6 Å². The molecule has 1 saturated heterocycles. The fourth-order valence-corrected chi connectivity index (χ4v) is 4.30. The number of hydrogen-bond acceptors (Lipinski definition) is 4. The van der Waals surface area contributed by atoms with Gasteiger partial charge in [-0.05, 0) is 47.9 Å². The minimum absolute atomic E-state index is 0.0197. The third-order valence-corrected chi connectivity index (χ3v) is 6.04. The van der Waals surface area contributed by atoms with Crippen LogP contribution >= 0.6 is 0 Å². The highest BCUT2D eigenvalue weighted by Gasteiger charge is 2.29. The average molecular weight is 433 g/mol. The lowest BCUT2D eigenvalue weighted by Crippen LogP contribution is -2.45. The first-order valence-corrected chi connectivity index (χ1v) is 10.9. The van der Waals surface area contributed by atoms with E-state index in [1.807, 2.05) is 65.6 Å². The van der Waals surface area contributed by atoms with Crippen molar-refractivity contribution in [2.24, 2.45) is 5.92 Å². The molecule has 1 atom stereocenters. The second-order valence-corrected chi connectivity index (χ2v) is 8.01. The third kappa shape index (κ3) is 4.54. The number of carbonyl (C=O) groups excluding carboxylic acids is 2. The van der Waals surface area contributed by atoms with E-state index < -0.39 is 0 Å². The maximum Gasteiger partial charge on any atom is 0.254 e. The van der Waals surface area contributed by atoms with Crippen LogP contribution < -0.4 is 14.8 Å². The Hall–Kier alpha value is -3.54. The van der Waals surface area contributed by atoms with E-state index in [2.05, 4.69) is 5.32 Å². The molecule has 1 aliphatic heterocycles. The van der Waals surface area contributed by atoms with Gasteiger partial charge in [0.15, 0.2) is 0 Å².